The number of carbonyl (C=O) groups is 1. The van der Waals surface area contributed by atoms with Crippen LogP contribution in [0, 0.1) is 20.8 Å². The van der Waals surface area contributed by atoms with Crippen molar-refractivity contribution in [2.45, 2.75) is 20.8 Å². The summed E-state index contributed by atoms with van der Waals surface area (Å²) in [6.07, 6.45) is 0. The molecule has 0 aliphatic rings. The normalized spacial score (nSPS) is 10.9. The van der Waals surface area contributed by atoms with E-state index in [1.54, 1.807) is 52.3 Å². The van der Waals surface area contributed by atoms with Crippen LogP contribution in [-0.4, -0.2) is 25.1 Å². The van der Waals surface area contributed by atoms with E-state index in [1.807, 2.05) is 6.92 Å². The number of ether oxygens (including phenoxy) is 2. The number of fused-ring (bicyclic) bond motifs is 1. The summed E-state index contributed by atoms with van der Waals surface area (Å²) in [4.78, 5) is 13.1. The fraction of sp³-hybridized carbons (Fsp3) is 0.250. The fourth-order valence-corrected chi connectivity index (χ4v) is 3.01. The molecule has 3 rings (SSSR count). The van der Waals surface area contributed by atoms with Crippen LogP contribution in [0.1, 0.15) is 32.8 Å². The number of carbonyl (C=O) groups excluding carboxylic acids is 1. The molecule has 5 nitrogen and oxygen atoms in total. The summed E-state index contributed by atoms with van der Waals surface area (Å²) in [5.74, 6) is 1.45. The van der Waals surface area contributed by atoms with E-state index in [4.69, 9.17) is 13.9 Å². The van der Waals surface area contributed by atoms with E-state index in [2.05, 4.69) is 0 Å². The number of rotatable bonds is 4. The molecule has 1 heterocycles. The van der Waals surface area contributed by atoms with Gasteiger partial charge in [0.1, 0.15) is 17.3 Å². The average molecular weight is 340 g/mol. The predicted octanol–water partition coefficient (Wildman–Crippen LogP) is 4.31. The Hall–Kier alpha value is -2.95. The minimum atomic E-state index is -0.212. The van der Waals surface area contributed by atoms with Crippen LogP contribution in [0.25, 0.3) is 11.0 Å². The third-order valence-electron chi connectivity index (χ3n) is 4.45. The number of phenols is 1. The van der Waals surface area contributed by atoms with Crippen LogP contribution in [0.3, 0.4) is 0 Å². The molecule has 25 heavy (non-hydrogen) atoms. The molecule has 1 aromatic heterocycles. The molecule has 0 spiro atoms. The molecular weight excluding hydrogens is 320 g/mol. The number of phenolic OH excluding ortho intramolecular Hbond substituents is 1. The predicted molar refractivity (Wildman–Crippen MR) is 95.1 cm³/mol. The standard InChI is InChI=1S/C20H20O5/c1-10-6-7-14-17(12(3)25-20(14)18(10)21)19(22)13-8-15(23-4)11(2)16(9-13)24-5/h6-9,21H,1-5H3. The first-order chi connectivity index (χ1) is 11.9. The zero-order valence-electron chi connectivity index (χ0n) is 14.9. The van der Waals surface area contributed by atoms with Crippen LogP contribution in [0.5, 0.6) is 17.2 Å². The Balaban J connectivity index is 2.21. The van der Waals surface area contributed by atoms with Crippen molar-refractivity contribution in [2.75, 3.05) is 14.2 Å². The second kappa shape index (κ2) is 6.16. The quantitative estimate of drug-likeness (QED) is 0.717. The van der Waals surface area contributed by atoms with E-state index in [9.17, 15) is 9.90 Å². The van der Waals surface area contributed by atoms with Crippen molar-refractivity contribution in [3.63, 3.8) is 0 Å². The Labute approximate surface area is 145 Å². The van der Waals surface area contributed by atoms with Crippen molar-refractivity contribution in [1.82, 2.24) is 0 Å². The molecule has 2 aromatic carbocycles. The number of hydrogen-bond donors (Lipinski definition) is 1. The Morgan fingerprint density at radius 1 is 1.04 bits per heavy atom. The van der Waals surface area contributed by atoms with Gasteiger partial charge in [-0.1, -0.05) is 6.07 Å². The van der Waals surface area contributed by atoms with Gasteiger partial charge in [0.2, 0.25) is 0 Å². The van der Waals surface area contributed by atoms with Gasteiger partial charge in [-0.2, -0.15) is 0 Å². The largest absolute Gasteiger partial charge is 0.504 e. The van der Waals surface area contributed by atoms with Gasteiger partial charge in [0.05, 0.1) is 19.8 Å². The molecule has 0 saturated carbocycles. The van der Waals surface area contributed by atoms with E-state index in [0.717, 1.165) is 5.56 Å². The van der Waals surface area contributed by atoms with E-state index in [1.165, 1.54) is 0 Å². The van der Waals surface area contributed by atoms with Gasteiger partial charge in [-0.15, -0.1) is 0 Å². The van der Waals surface area contributed by atoms with Gasteiger partial charge in [0.25, 0.3) is 0 Å². The van der Waals surface area contributed by atoms with Crippen molar-refractivity contribution in [2.24, 2.45) is 0 Å². The molecule has 0 radical (unpaired) electrons. The summed E-state index contributed by atoms with van der Waals surface area (Å²) in [6, 6.07) is 6.93. The topological polar surface area (TPSA) is 68.9 Å². The van der Waals surface area contributed by atoms with Crippen molar-refractivity contribution >= 4 is 16.8 Å². The lowest BCUT2D eigenvalue weighted by atomic mass is 9.98. The number of ketones is 1. The molecule has 3 aromatic rings. The highest BCUT2D eigenvalue weighted by atomic mass is 16.5. The number of methoxy groups -OCH3 is 2. The average Bonchev–Trinajstić information content (AvgIpc) is 2.94. The third kappa shape index (κ3) is 2.61. The number of hydrogen-bond acceptors (Lipinski definition) is 5. The van der Waals surface area contributed by atoms with Gasteiger partial charge < -0.3 is 19.0 Å². The van der Waals surface area contributed by atoms with Gasteiger partial charge in [0, 0.05) is 16.5 Å². The first kappa shape index (κ1) is 16.9. The Kier molecular flexibility index (Phi) is 4.17. The van der Waals surface area contributed by atoms with Crippen LogP contribution in [-0.2, 0) is 0 Å². The summed E-state index contributed by atoms with van der Waals surface area (Å²) in [5, 5.41) is 10.8. The lowest BCUT2D eigenvalue weighted by Crippen LogP contribution is -2.04. The van der Waals surface area contributed by atoms with Crippen LogP contribution in [0.2, 0.25) is 0 Å². The molecule has 0 saturated heterocycles. The van der Waals surface area contributed by atoms with Crippen molar-refractivity contribution in [3.8, 4) is 17.2 Å². The van der Waals surface area contributed by atoms with Crippen LogP contribution in [0.4, 0.5) is 0 Å². The molecule has 0 unspecified atom stereocenters. The molecule has 130 valence electrons. The SMILES string of the molecule is COc1cc(C(=O)c2c(C)oc3c(O)c(C)ccc23)cc(OC)c1C. The smallest absolute Gasteiger partial charge is 0.197 e. The summed E-state index contributed by atoms with van der Waals surface area (Å²) in [7, 11) is 3.10. The summed E-state index contributed by atoms with van der Waals surface area (Å²) in [6.45, 7) is 5.36. The minimum absolute atomic E-state index is 0.0544. The second-order valence-corrected chi connectivity index (χ2v) is 5.98. The molecular formula is C20H20O5. The number of aryl methyl sites for hydroxylation is 2. The monoisotopic (exact) mass is 340 g/mol. The van der Waals surface area contributed by atoms with E-state index in [-0.39, 0.29) is 11.5 Å². The summed E-state index contributed by atoms with van der Waals surface area (Å²) >= 11 is 0. The van der Waals surface area contributed by atoms with Crippen molar-refractivity contribution < 1.29 is 23.8 Å². The van der Waals surface area contributed by atoms with Gasteiger partial charge in [-0.25, -0.2) is 0 Å². The number of aromatic hydroxyl groups is 1. The van der Waals surface area contributed by atoms with E-state index < -0.39 is 0 Å². The lowest BCUT2D eigenvalue weighted by Gasteiger charge is -2.12. The highest BCUT2D eigenvalue weighted by Gasteiger charge is 2.23. The molecule has 0 bridgehead atoms. The number of furan rings is 1. The van der Waals surface area contributed by atoms with E-state index >= 15 is 0 Å². The maximum atomic E-state index is 13.1. The fourth-order valence-electron chi connectivity index (χ4n) is 3.01. The maximum absolute atomic E-state index is 13.1. The van der Waals surface area contributed by atoms with Gasteiger partial charge >= 0.3 is 0 Å². The minimum Gasteiger partial charge on any atom is -0.504 e. The summed E-state index contributed by atoms with van der Waals surface area (Å²) in [5.41, 5.74) is 2.71. The van der Waals surface area contributed by atoms with Crippen LogP contribution in [0.15, 0.2) is 28.7 Å². The lowest BCUT2D eigenvalue weighted by molar-refractivity contribution is 0.103. The van der Waals surface area contributed by atoms with Crippen molar-refractivity contribution in [1.29, 1.82) is 0 Å². The Morgan fingerprint density at radius 3 is 2.20 bits per heavy atom. The maximum Gasteiger partial charge on any atom is 0.197 e. The second-order valence-electron chi connectivity index (χ2n) is 5.98. The molecule has 0 amide bonds. The zero-order valence-corrected chi connectivity index (χ0v) is 14.9. The first-order valence-electron chi connectivity index (χ1n) is 7.88. The summed E-state index contributed by atoms with van der Waals surface area (Å²) < 4.78 is 16.4. The highest BCUT2D eigenvalue weighted by molar-refractivity contribution is 6.17. The molecule has 1 N–H and O–H groups in total. The molecule has 0 fully saturated rings. The van der Waals surface area contributed by atoms with E-state index in [0.29, 0.717) is 44.9 Å². The van der Waals surface area contributed by atoms with Gasteiger partial charge in [-0.3, -0.25) is 4.79 Å². The molecule has 5 heteroatoms. The molecule has 0 atom stereocenters. The Morgan fingerprint density at radius 2 is 1.64 bits per heavy atom. The van der Waals surface area contributed by atoms with Crippen LogP contribution < -0.4 is 9.47 Å². The van der Waals surface area contributed by atoms with Gasteiger partial charge in [0.15, 0.2) is 17.1 Å². The van der Waals surface area contributed by atoms with Crippen LogP contribution >= 0.6 is 0 Å². The zero-order chi connectivity index (χ0) is 18.3. The Bertz CT molecular complexity index is 956. The highest BCUT2D eigenvalue weighted by Crippen LogP contribution is 2.37. The third-order valence-corrected chi connectivity index (χ3v) is 4.45. The first-order valence-corrected chi connectivity index (χ1v) is 7.88. The number of benzene rings is 2. The van der Waals surface area contributed by atoms with Gasteiger partial charge in [-0.05, 0) is 44.5 Å². The molecule has 0 aliphatic carbocycles. The van der Waals surface area contributed by atoms with Crippen molar-refractivity contribution in [3.05, 3.63) is 52.3 Å². The molecule has 0 aliphatic heterocycles.